The fraction of sp³-hybridized carbons (Fsp3) is 0.571. The van der Waals surface area contributed by atoms with Crippen LogP contribution in [0.25, 0.3) is 10.9 Å². The molecule has 2 rings (SSSR count). The molecule has 0 aliphatic rings. The molecular weight excluding hydrogens is 298 g/mol. The first-order valence-corrected chi connectivity index (χ1v) is 9.31. The Bertz CT molecular complexity index is 725. The average Bonchev–Trinajstić information content (AvgIpc) is 2.81. The maximum Gasteiger partial charge on any atom is 0.337 e. The summed E-state index contributed by atoms with van der Waals surface area (Å²) in [4.78, 5) is 11.9. The van der Waals surface area contributed by atoms with E-state index in [1.165, 1.54) is 11.3 Å². The van der Waals surface area contributed by atoms with Gasteiger partial charge in [-0.05, 0) is 55.4 Å². The van der Waals surface area contributed by atoms with E-state index in [2.05, 4.69) is 45.3 Å². The predicted octanol–water partition coefficient (Wildman–Crippen LogP) is 5.91. The van der Waals surface area contributed by atoms with Gasteiger partial charge in [-0.1, -0.05) is 40.5 Å². The minimum absolute atomic E-state index is 0.325. The van der Waals surface area contributed by atoms with E-state index in [1.807, 2.05) is 6.07 Å². The van der Waals surface area contributed by atoms with Crippen molar-refractivity contribution in [2.75, 3.05) is 0 Å². The quantitative estimate of drug-likeness (QED) is 0.653. The smallest absolute Gasteiger partial charge is 0.337 e. The van der Waals surface area contributed by atoms with Gasteiger partial charge in [-0.15, -0.1) is 0 Å². The number of carboxylic acids is 1. The third kappa shape index (κ3) is 3.50. The summed E-state index contributed by atoms with van der Waals surface area (Å²) in [5, 5.41) is 11.0. The van der Waals surface area contributed by atoms with Crippen LogP contribution < -0.4 is 0 Å². The number of benzene rings is 1. The van der Waals surface area contributed by atoms with Gasteiger partial charge in [0.25, 0.3) is 0 Å². The lowest BCUT2D eigenvalue weighted by Gasteiger charge is -2.12. The van der Waals surface area contributed by atoms with E-state index in [1.54, 1.807) is 0 Å². The Labute approximate surface area is 145 Å². The van der Waals surface area contributed by atoms with Gasteiger partial charge in [-0.2, -0.15) is 0 Å². The Hall–Kier alpha value is -1.77. The van der Waals surface area contributed by atoms with Crippen molar-refractivity contribution in [3.8, 4) is 0 Å². The molecule has 24 heavy (non-hydrogen) atoms. The first-order chi connectivity index (χ1) is 11.4. The van der Waals surface area contributed by atoms with E-state index in [4.69, 9.17) is 0 Å². The van der Waals surface area contributed by atoms with Crippen molar-refractivity contribution >= 4 is 16.9 Å². The van der Waals surface area contributed by atoms with Crippen molar-refractivity contribution in [2.24, 2.45) is 0 Å². The first-order valence-electron chi connectivity index (χ1n) is 9.31. The third-order valence-corrected chi connectivity index (χ3v) is 4.98. The summed E-state index contributed by atoms with van der Waals surface area (Å²) in [5.41, 5.74) is 5.08. The monoisotopic (exact) mass is 329 g/mol. The van der Waals surface area contributed by atoms with Crippen LogP contribution in [0.1, 0.15) is 86.5 Å². The Morgan fingerprint density at radius 2 is 1.83 bits per heavy atom. The van der Waals surface area contributed by atoms with Gasteiger partial charge in [0.1, 0.15) is 0 Å². The van der Waals surface area contributed by atoms with Crippen LogP contribution in [0.5, 0.6) is 0 Å². The molecule has 0 amide bonds. The molecule has 1 N–H and O–H groups in total. The Balaban J connectivity index is 2.79. The van der Waals surface area contributed by atoms with Gasteiger partial charge in [0, 0.05) is 17.6 Å². The van der Waals surface area contributed by atoms with Crippen molar-refractivity contribution < 1.29 is 9.90 Å². The lowest BCUT2D eigenvalue weighted by molar-refractivity contribution is 0.0698. The number of carboxylic acid groups (broad SMARTS) is 1. The van der Waals surface area contributed by atoms with Gasteiger partial charge in [-0.25, -0.2) is 4.79 Å². The zero-order valence-corrected chi connectivity index (χ0v) is 15.8. The summed E-state index contributed by atoms with van der Waals surface area (Å²) in [5.74, 6) is -0.495. The zero-order valence-electron chi connectivity index (χ0n) is 15.8. The van der Waals surface area contributed by atoms with Crippen LogP contribution in [0.3, 0.4) is 0 Å². The Morgan fingerprint density at radius 3 is 2.38 bits per heavy atom. The zero-order chi connectivity index (χ0) is 17.9. The highest BCUT2D eigenvalue weighted by Crippen LogP contribution is 2.33. The van der Waals surface area contributed by atoms with Crippen LogP contribution >= 0.6 is 0 Å². The highest BCUT2D eigenvalue weighted by Gasteiger charge is 2.21. The molecule has 0 unspecified atom stereocenters. The molecule has 2 aromatic rings. The molecule has 0 aliphatic heterocycles. The number of aromatic nitrogens is 1. The van der Waals surface area contributed by atoms with E-state index in [0.29, 0.717) is 11.5 Å². The highest BCUT2D eigenvalue weighted by atomic mass is 16.4. The maximum atomic E-state index is 11.9. The molecule has 3 nitrogen and oxygen atoms in total. The van der Waals surface area contributed by atoms with E-state index >= 15 is 0 Å². The van der Waals surface area contributed by atoms with Crippen LogP contribution in [0.15, 0.2) is 12.1 Å². The van der Waals surface area contributed by atoms with Crippen LogP contribution in [0.4, 0.5) is 0 Å². The maximum absolute atomic E-state index is 11.9. The predicted molar refractivity (Wildman–Crippen MR) is 101 cm³/mol. The minimum atomic E-state index is -0.820. The number of nitrogens with zero attached hydrogens (tertiary/aromatic N) is 1. The number of hydrogen-bond acceptors (Lipinski definition) is 1. The molecule has 0 saturated heterocycles. The SMILES string of the molecule is CCCCc1c(C)n(CCCC)c2c(C(=O)O)cc(C(C)C)cc12. The average molecular weight is 329 g/mol. The van der Waals surface area contributed by atoms with Crippen molar-refractivity contribution in [1.82, 2.24) is 4.57 Å². The van der Waals surface area contributed by atoms with Gasteiger partial charge in [-0.3, -0.25) is 0 Å². The second-order valence-corrected chi connectivity index (χ2v) is 7.10. The van der Waals surface area contributed by atoms with E-state index in [9.17, 15) is 9.90 Å². The largest absolute Gasteiger partial charge is 0.478 e. The molecule has 1 aromatic heterocycles. The van der Waals surface area contributed by atoms with Crippen LogP contribution in [0, 0.1) is 6.92 Å². The van der Waals surface area contributed by atoms with Crippen LogP contribution in [-0.2, 0) is 13.0 Å². The molecule has 132 valence electrons. The Kier molecular flexibility index (Phi) is 6.09. The number of aryl methyl sites for hydroxylation is 2. The summed E-state index contributed by atoms with van der Waals surface area (Å²) in [6.07, 6.45) is 5.50. The lowest BCUT2D eigenvalue weighted by atomic mass is 9.95. The standard InChI is InChI=1S/C21H31NO2/c1-6-8-10-17-15(5)22(11-9-7-2)20-18(17)12-16(14(3)4)13-19(20)21(23)24/h12-14H,6-11H2,1-5H3,(H,23,24). The Morgan fingerprint density at radius 1 is 1.17 bits per heavy atom. The minimum Gasteiger partial charge on any atom is -0.478 e. The number of unbranched alkanes of at least 4 members (excludes halogenated alkanes) is 2. The second kappa shape index (κ2) is 7.87. The van der Waals surface area contributed by atoms with E-state index in [-0.39, 0.29) is 0 Å². The van der Waals surface area contributed by atoms with Gasteiger partial charge in [0.05, 0.1) is 11.1 Å². The normalized spacial score (nSPS) is 11.6. The molecule has 0 aliphatic carbocycles. The number of hydrogen-bond donors (Lipinski definition) is 1. The molecular formula is C21H31NO2. The summed E-state index contributed by atoms with van der Waals surface area (Å²) in [6, 6.07) is 4.10. The van der Waals surface area contributed by atoms with Gasteiger partial charge in [0.2, 0.25) is 0 Å². The lowest BCUT2D eigenvalue weighted by Crippen LogP contribution is -2.06. The molecule has 0 bridgehead atoms. The van der Waals surface area contributed by atoms with E-state index < -0.39 is 5.97 Å². The summed E-state index contributed by atoms with van der Waals surface area (Å²) in [6.45, 7) is 11.7. The number of rotatable bonds is 8. The molecule has 1 aromatic carbocycles. The molecule has 1 heterocycles. The third-order valence-electron chi connectivity index (χ3n) is 4.98. The second-order valence-electron chi connectivity index (χ2n) is 7.10. The molecule has 0 spiro atoms. The number of carbonyl (C=O) groups is 1. The van der Waals surface area contributed by atoms with Gasteiger partial charge in [0.15, 0.2) is 0 Å². The van der Waals surface area contributed by atoms with Crippen LogP contribution in [0.2, 0.25) is 0 Å². The number of aromatic carboxylic acids is 1. The molecule has 3 heteroatoms. The fourth-order valence-electron chi connectivity index (χ4n) is 3.46. The fourth-order valence-corrected chi connectivity index (χ4v) is 3.46. The summed E-state index contributed by atoms with van der Waals surface area (Å²) >= 11 is 0. The van der Waals surface area contributed by atoms with Crippen LogP contribution in [-0.4, -0.2) is 15.6 Å². The van der Waals surface area contributed by atoms with Crippen molar-refractivity contribution in [1.29, 1.82) is 0 Å². The molecule has 0 saturated carbocycles. The van der Waals surface area contributed by atoms with E-state index in [0.717, 1.165) is 55.1 Å². The molecule has 0 radical (unpaired) electrons. The molecule has 0 atom stereocenters. The van der Waals surface area contributed by atoms with Crippen molar-refractivity contribution in [3.63, 3.8) is 0 Å². The number of fused-ring (bicyclic) bond motifs is 1. The highest BCUT2D eigenvalue weighted by molar-refractivity contribution is 6.04. The van der Waals surface area contributed by atoms with Crippen molar-refractivity contribution in [3.05, 3.63) is 34.5 Å². The first kappa shape index (κ1) is 18.6. The van der Waals surface area contributed by atoms with Gasteiger partial charge >= 0.3 is 5.97 Å². The topological polar surface area (TPSA) is 42.2 Å². The van der Waals surface area contributed by atoms with Crippen molar-refractivity contribution in [2.45, 2.75) is 79.2 Å². The summed E-state index contributed by atoms with van der Waals surface area (Å²) < 4.78 is 2.25. The molecule has 0 fully saturated rings. The van der Waals surface area contributed by atoms with Gasteiger partial charge < -0.3 is 9.67 Å². The summed E-state index contributed by atoms with van der Waals surface area (Å²) in [7, 11) is 0.